The van der Waals surface area contributed by atoms with Crippen LogP contribution >= 0.6 is 0 Å². The number of hydrogen-bond acceptors (Lipinski definition) is 2. The van der Waals surface area contributed by atoms with Crippen molar-refractivity contribution in [2.45, 2.75) is 31.5 Å². The summed E-state index contributed by atoms with van der Waals surface area (Å²) in [6.45, 7) is 2.22. The van der Waals surface area contributed by atoms with Crippen LogP contribution in [0.1, 0.15) is 19.8 Å². The second-order valence-corrected chi connectivity index (χ2v) is 5.22. The first-order valence-corrected chi connectivity index (χ1v) is 5.53. The van der Waals surface area contributed by atoms with Crippen LogP contribution in [0.5, 0.6) is 0 Å². The maximum Gasteiger partial charge on any atom is 0.111 e. The predicted molar refractivity (Wildman–Crippen MR) is 53.7 cm³/mol. The summed E-state index contributed by atoms with van der Waals surface area (Å²) in [5.74, 6) is 1.58. The summed E-state index contributed by atoms with van der Waals surface area (Å²) in [7, 11) is 2.05. The van der Waals surface area contributed by atoms with Crippen molar-refractivity contribution in [2.24, 2.45) is 11.8 Å². The van der Waals surface area contributed by atoms with Crippen LogP contribution in [0.2, 0.25) is 0 Å². The topological polar surface area (TPSA) is 24.6 Å². The number of rotatable bonds is 1. The van der Waals surface area contributed by atoms with Crippen molar-refractivity contribution in [1.82, 2.24) is 5.32 Å². The molecule has 0 aromatic heterocycles. The van der Waals surface area contributed by atoms with Crippen LogP contribution in [0, 0.1) is 11.8 Å². The molecule has 4 aliphatic rings. The fourth-order valence-electron chi connectivity index (χ4n) is 3.78. The summed E-state index contributed by atoms with van der Waals surface area (Å²) >= 11 is 0. The van der Waals surface area contributed by atoms with Gasteiger partial charge in [-0.25, -0.2) is 0 Å². The molecule has 1 aliphatic heterocycles. The minimum absolute atomic E-state index is 0.118. The number of nitrogens with one attached hydrogen (secondary N) is 1. The molecule has 3 aliphatic carbocycles. The van der Waals surface area contributed by atoms with E-state index in [0.29, 0.717) is 6.10 Å². The van der Waals surface area contributed by atoms with Gasteiger partial charge in [-0.05, 0) is 42.9 Å². The Balaban J connectivity index is 1.85. The van der Waals surface area contributed by atoms with Gasteiger partial charge in [0, 0.05) is 18.7 Å². The molecule has 1 heterocycles. The number of ether oxygens (including phenoxy) is 1. The number of fused-ring (bicyclic) bond motifs is 7. The minimum atomic E-state index is 0.118. The lowest BCUT2D eigenvalue weighted by Crippen LogP contribution is -2.20. The van der Waals surface area contributed by atoms with Gasteiger partial charge in [0.2, 0.25) is 0 Å². The molecule has 1 saturated carbocycles. The lowest BCUT2D eigenvalue weighted by atomic mass is 9.87. The van der Waals surface area contributed by atoms with Crippen LogP contribution in [0.25, 0.3) is 0 Å². The molecule has 2 heteroatoms. The molecule has 1 saturated heterocycles. The maximum atomic E-state index is 5.76. The van der Waals surface area contributed by atoms with Gasteiger partial charge in [-0.15, -0.1) is 0 Å². The molecule has 0 spiro atoms. The fraction of sp³-hybridized carbons (Fsp3) is 0.667. The van der Waals surface area contributed by atoms with Crippen molar-refractivity contribution >= 4 is 0 Å². The van der Waals surface area contributed by atoms with Gasteiger partial charge >= 0.3 is 0 Å². The third kappa shape index (κ3) is 0.630. The highest BCUT2D eigenvalue weighted by Crippen LogP contribution is 2.64. The lowest BCUT2D eigenvalue weighted by Gasteiger charge is -2.21. The predicted octanol–water partition coefficient (Wildman–Crippen LogP) is 1.60. The third-order valence-corrected chi connectivity index (χ3v) is 4.47. The molecule has 0 aromatic rings. The van der Waals surface area contributed by atoms with Gasteiger partial charge in [0.25, 0.3) is 0 Å². The highest BCUT2D eigenvalue weighted by Gasteiger charge is 2.65. The first kappa shape index (κ1) is 7.52. The first-order chi connectivity index (χ1) is 6.73. The highest BCUT2D eigenvalue weighted by molar-refractivity contribution is 5.54. The van der Waals surface area contributed by atoms with Crippen LogP contribution in [0.15, 0.2) is 22.9 Å². The summed E-state index contributed by atoms with van der Waals surface area (Å²) in [5.41, 5.74) is 4.83. The molecule has 2 bridgehead atoms. The van der Waals surface area contributed by atoms with E-state index in [1.54, 1.807) is 11.1 Å². The largest absolute Gasteiger partial charge is 0.391 e. The standard InChI is InChI=1S/C12H15NO/c1-12-5-8-7-3-6(4-9(7)13-2)10(8)11(12)14-12/h5-6,10-11,13H,3-4H2,1-2H3. The monoisotopic (exact) mass is 189 g/mol. The smallest absolute Gasteiger partial charge is 0.111 e. The zero-order valence-electron chi connectivity index (χ0n) is 8.63. The summed E-state index contributed by atoms with van der Waals surface area (Å²) in [4.78, 5) is 0. The summed E-state index contributed by atoms with van der Waals surface area (Å²) in [5, 5.41) is 3.35. The van der Waals surface area contributed by atoms with E-state index in [2.05, 4.69) is 18.3 Å². The second kappa shape index (κ2) is 1.94. The SMILES string of the molecule is CNC1=C2CC(C1)C1C2=CC2(C)OC12. The van der Waals surface area contributed by atoms with E-state index in [4.69, 9.17) is 4.74 Å². The normalized spacial score (nSPS) is 51.9. The van der Waals surface area contributed by atoms with Crippen LogP contribution in [-0.2, 0) is 4.74 Å². The Morgan fingerprint density at radius 1 is 1.50 bits per heavy atom. The maximum absolute atomic E-state index is 5.76. The van der Waals surface area contributed by atoms with Gasteiger partial charge in [-0.1, -0.05) is 0 Å². The van der Waals surface area contributed by atoms with Gasteiger partial charge in [0.15, 0.2) is 0 Å². The molecule has 14 heavy (non-hydrogen) atoms. The number of allylic oxidation sites excluding steroid dienone is 2. The van der Waals surface area contributed by atoms with Crippen molar-refractivity contribution in [1.29, 1.82) is 0 Å². The average Bonchev–Trinajstić information content (AvgIpc) is 2.57. The Kier molecular flexibility index (Phi) is 1.04. The van der Waals surface area contributed by atoms with Crippen LogP contribution in [-0.4, -0.2) is 18.8 Å². The van der Waals surface area contributed by atoms with Crippen molar-refractivity contribution < 1.29 is 4.74 Å². The fourth-order valence-corrected chi connectivity index (χ4v) is 3.78. The van der Waals surface area contributed by atoms with E-state index in [9.17, 15) is 0 Å². The van der Waals surface area contributed by atoms with E-state index in [1.807, 2.05) is 7.05 Å². The van der Waals surface area contributed by atoms with Gasteiger partial charge in [0.05, 0.1) is 6.10 Å². The first-order valence-electron chi connectivity index (χ1n) is 5.53. The Morgan fingerprint density at radius 2 is 2.36 bits per heavy atom. The number of epoxide rings is 1. The van der Waals surface area contributed by atoms with Gasteiger partial charge in [-0.2, -0.15) is 0 Å². The number of hydrogen-bond donors (Lipinski definition) is 1. The lowest BCUT2D eigenvalue weighted by molar-refractivity contribution is 0.273. The van der Waals surface area contributed by atoms with Crippen LogP contribution in [0.3, 0.4) is 0 Å². The van der Waals surface area contributed by atoms with Gasteiger partial charge in [-0.3, -0.25) is 0 Å². The summed E-state index contributed by atoms with van der Waals surface area (Å²) in [6.07, 6.45) is 5.46. The zero-order valence-corrected chi connectivity index (χ0v) is 8.63. The molecule has 0 radical (unpaired) electrons. The Bertz CT molecular complexity index is 395. The molecule has 1 N–H and O–H groups in total. The molecule has 0 amide bonds. The van der Waals surface area contributed by atoms with Gasteiger partial charge in [0.1, 0.15) is 5.60 Å². The molecule has 2 fully saturated rings. The second-order valence-electron chi connectivity index (χ2n) is 5.22. The van der Waals surface area contributed by atoms with Crippen molar-refractivity contribution in [2.75, 3.05) is 7.05 Å². The molecule has 4 atom stereocenters. The summed E-state index contributed by atoms with van der Waals surface area (Å²) < 4.78 is 5.76. The van der Waals surface area contributed by atoms with Crippen molar-refractivity contribution in [3.8, 4) is 0 Å². The molecule has 0 aromatic carbocycles. The van der Waals surface area contributed by atoms with Crippen LogP contribution < -0.4 is 5.32 Å². The Morgan fingerprint density at radius 3 is 3.14 bits per heavy atom. The molecule has 4 unspecified atom stereocenters. The quantitative estimate of drug-likeness (QED) is 0.634. The minimum Gasteiger partial charge on any atom is -0.391 e. The van der Waals surface area contributed by atoms with Gasteiger partial charge < -0.3 is 10.1 Å². The van der Waals surface area contributed by atoms with E-state index in [1.165, 1.54) is 18.5 Å². The van der Waals surface area contributed by atoms with Crippen molar-refractivity contribution in [3.63, 3.8) is 0 Å². The molecule has 74 valence electrons. The third-order valence-electron chi connectivity index (χ3n) is 4.47. The Hall–Kier alpha value is -0.760. The van der Waals surface area contributed by atoms with Crippen molar-refractivity contribution in [3.05, 3.63) is 22.9 Å². The summed E-state index contributed by atoms with van der Waals surface area (Å²) in [6, 6.07) is 0. The van der Waals surface area contributed by atoms with E-state index < -0.39 is 0 Å². The van der Waals surface area contributed by atoms with Crippen LogP contribution in [0.4, 0.5) is 0 Å². The average molecular weight is 189 g/mol. The van der Waals surface area contributed by atoms with E-state index in [0.717, 1.165) is 11.8 Å². The molecular weight excluding hydrogens is 174 g/mol. The zero-order chi connectivity index (χ0) is 9.50. The molecule has 4 rings (SSSR count). The molecular formula is C12H15NO. The molecule has 2 nitrogen and oxygen atoms in total. The van der Waals surface area contributed by atoms with E-state index in [-0.39, 0.29) is 5.60 Å². The Labute approximate surface area is 84.0 Å². The highest BCUT2D eigenvalue weighted by atomic mass is 16.6. The van der Waals surface area contributed by atoms with E-state index >= 15 is 0 Å².